The molecular formula is C15H13N3O2S2. The summed E-state index contributed by atoms with van der Waals surface area (Å²) < 4.78 is 24.8. The molecule has 0 aliphatic rings. The fraction of sp³-hybridized carbons (Fsp3) is 0.0667. The Hall–Kier alpha value is -2.25. The SMILES string of the molecule is CS(=O)(=O)Nc1ccc(-c2csc(-c3ccncc3)n2)cc1. The molecule has 112 valence electrons. The number of sulfonamides is 1. The summed E-state index contributed by atoms with van der Waals surface area (Å²) in [7, 11) is -3.26. The van der Waals surface area contributed by atoms with Crippen molar-refractivity contribution < 1.29 is 8.42 Å². The molecule has 5 nitrogen and oxygen atoms in total. The third kappa shape index (κ3) is 3.49. The number of nitrogens with one attached hydrogen (secondary N) is 1. The lowest BCUT2D eigenvalue weighted by molar-refractivity contribution is 0.607. The largest absolute Gasteiger partial charge is 0.284 e. The van der Waals surface area contributed by atoms with Gasteiger partial charge in [-0.3, -0.25) is 9.71 Å². The van der Waals surface area contributed by atoms with Crippen molar-refractivity contribution in [1.82, 2.24) is 9.97 Å². The molecule has 0 fully saturated rings. The lowest BCUT2D eigenvalue weighted by Crippen LogP contribution is -2.09. The number of anilines is 1. The van der Waals surface area contributed by atoms with Crippen molar-refractivity contribution in [3.05, 3.63) is 54.2 Å². The van der Waals surface area contributed by atoms with E-state index in [9.17, 15) is 8.42 Å². The van der Waals surface area contributed by atoms with Crippen LogP contribution in [0, 0.1) is 0 Å². The summed E-state index contributed by atoms with van der Waals surface area (Å²) in [6.45, 7) is 0. The Balaban J connectivity index is 1.85. The van der Waals surface area contributed by atoms with Crippen LogP contribution < -0.4 is 4.72 Å². The molecule has 1 N–H and O–H groups in total. The van der Waals surface area contributed by atoms with Crippen molar-refractivity contribution in [3.63, 3.8) is 0 Å². The van der Waals surface area contributed by atoms with E-state index in [-0.39, 0.29) is 0 Å². The van der Waals surface area contributed by atoms with Crippen molar-refractivity contribution in [2.45, 2.75) is 0 Å². The molecule has 3 aromatic rings. The Morgan fingerprint density at radius 3 is 2.32 bits per heavy atom. The number of thiazole rings is 1. The number of benzene rings is 1. The summed E-state index contributed by atoms with van der Waals surface area (Å²) in [5.41, 5.74) is 3.37. The molecule has 0 atom stereocenters. The van der Waals surface area contributed by atoms with Gasteiger partial charge in [-0.1, -0.05) is 12.1 Å². The lowest BCUT2D eigenvalue weighted by atomic mass is 10.1. The first-order chi connectivity index (χ1) is 10.5. The van der Waals surface area contributed by atoms with E-state index < -0.39 is 10.0 Å². The maximum atomic E-state index is 11.2. The standard InChI is InChI=1S/C15H13N3O2S2/c1-22(19,20)18-13-4-2-11(3-5-13)14-10-21-15(17-14)12-6-8-16-9-7-12/h2-10,18H,1H3. The molecule has 0 saturated carbocycles. The number of hydrogen-bond acceptors (Lipinski definition) is 5. The van der Waals surface area contributed by atoms with Crippen LogP contribution in [0.1, 0.15) is 0 Å². The molecule has 0 amide bonds. The molecule has 0 spiro atoms. The molecule has 2 aromatic heterocycles. The average molecular weight is 331 g/mol. The second-order valence-corrected chi connectivity index (χ2v) is 7.33. The van der Waals surface area contributed by atoms with Crippen LogP contribution in [0.2, 0.25) is 0 Å². The Kier molecular flexibility index (Phi) is 3.91. The van der Waals surface area contributed by atoms with Gasteiger partial charge in [0.15, 0.2) is 0 Å². The van der Waals surface area contributed by atoms with E-state index in [2.05, 4.69) is 14.7 Å². The number of pyridine rings is 1. The predicted octanol–water partition coefficient (Wildman–Crippen LogP) is 3.24. The molecule has 0 aliphatic heterocycles. The highest BCUT2D eigenvalue weighted by atomic mass is 32.2. The second kappa shape index (κ2) is 5.86. The van der Waals surface area contributed by atoms with E-state index in [1.807, 2.05) is 29.6 Å². The van der Waals surface area contributed by atoms with E-state index in [0.29, 0.717) is 5.69 Å². The smallest absolute Gasteiger partial charge is 0.229 e. The van der Waals surface area contributed by atoms with Crippen molar-refractivity contribution in [3.8, 4) is 21.8 Å². The zero-order valence-electron chi connectivity index (χ0n) is 11.7. The van der Waals surface area contributed by atoms with Gasteiger partial charge in [-0.05, 0) is 24.3 Å². The average Bonchev–Trinajstić information content (AvgIpc) is 2.97. The van der Waals surface area contributed by atoms with E-state index >= 15 is 0 Å². The summed E-state index contributed by atoms with van der Waals surface area (Å²) in [5, 5.41) is 2.91. The number of aromatic nitrogens is 2. The molecular weight excluding hydrogens is 318 g/mol. The summed E-state index contributed by atoms with van der Waals surface area (Å²) in [4.78, 5) is 8.60. The third-order valence-electron chi connectivity index (χ3n) is 2.92. The van der Waals surface area contributed by atoms with Crippen molar-refractivity contribution in [1.29, 1.82) is 0 Å². The monoisotopic (exact) mass is 331 g/mol. The van der Waals surface area contributed by atoms with Gasteiger partial charge in [0.05, 0.1) is 11.9 Å². The van der Waals surface area contributed by atoms with E-state index in [1.54, 1.807) is 35.9 Å². The Labute approximate surface area is 132 Å². The fourth-order valence-corrected chi connectivity index (χ4v) is 3.36. The fourth-order valence-electron chi connectivity index (χ4n) is 1.96. The highest BCUT2D eigenvalue weighted by Gasteiger charge is 2.07. The first kappa shape index (κ1) is 14.7. The zero-order valence-corrected chi connectivity index (χ0v) is 13.4. The first-order valence-corrected chi connectivity index (χ1v) is 9.22. The van der Waals surface area contributed by atoms with Crippen LogP contribution in [-0.2, 0) is 10.0 Å². The highest BCUT2D eigenvalue weighted by Crippen LogP contribution is 2.29. The molecule has 3 rings (SSSR count). The van der Waals surface area contributed by atoms with Crippen LogP contribution in [0.15, 0.2) is 54.2 Å². The topological polar surface area (TPSA) is 72.0 Å². The van der Waals surface area contributed by atoms with Crippen LogP contribution in [0.4, 0.5) is 5.69 Å². The van der Waals surface area contributed by atoms with Gasteiger partial charge < -0.3 is 0 Å². The van der Waals surface area contributed by atoms with Crippen LogP contribution in [0.5, 0.6) is 0 Å². The maximum Gasteiger partial charge on any atom is 0.229 e. The molecule has 0 unspecified atom stereocenters. The van der Waals surface area contributed by atoms with Crippen LogP contribution in [0.3, 0.4) is 0 Å². The van der Waals surface area contributed by atoms with E-state index in [0.717, 1.165) is 28.1 Å². The summed E-state index contributed by atoms with van der Waals surface area (Å²) in [6, 6.07) is 11.0. The molecule has 1 aromatic carbocycles. The first-order valence-electron chi connectivity index (χ1n) is 6.45. The third-order valence-corrected chi connectivity index (χ3v) is 4.41. The molecule has 2 heterocycles. The van der Waals surface area contributed by atoms with Crippen molar-refractivity contribution in [2.75, 3.05) is 11.0 Å². The maximum absolute atomic E-state index is 11.2. The summed E-state index contributed by atoms with van der Waals surface area (Å²) >= 11 is 1.56. The van der Waals surface area contributed by atoms with Crippen LogP contribution in [0.25, 0.3) is 21.8 Å². The minimum Gasteiger partial charge on any atom is -0.284 e. The number of rotatable bonds is 4. The second-order valence-electron chi connectivity index (χ2n) is 4.73. The van der Waals surface area contributed by atoms with Crippen molar-refractivity contribution in [2.24, 2.45) is 0 Å². The Bertz CT molecular complexity index is 873. The normalized spacial score (nSPS) is 11.3. The highest BCUT2D eigenvalue weighted by molar-refractivity contribution is 7.92. The summed E-state index contributed by atoms with van der Waals surface area (Å²) in [6.07, 6.45) is 4.60. The molecule has 22 heavy (non-hydrogen) atoms. The van der Waals surface area contributed by atoms with Crippen molar-refractivity contribution >= 4 is 27.0 Å². The van der Waals surface area contributed by atoms with Gasteiger partial charge in [0.2, 0.25) is 10.0 Å². The van der Waals surface area contributed by atoms with Crippen LogP contribution in [-0.4, -0.2) is 24.6 Å². The minimum absolute atomic E-state index is 0.538. The van der Waals surface area contributed by atoms with Gasteiger partial charge in [0.1, 0.15) is 5.01 Å². The molecule has 0 radical (unpaired) electrons. The van der Waals surface area contributed by atoms with Gasteiger partial charge in [-0.2, -0.15) is 0 Å². The molecule has 0 aliphatic carbocycles. The van der Waals surface area contributed by atoms with Crippen LogP contribution >= 0.6 is 11.3 Å². The van der Waals surface area contributed by atoms with Gasteiger partial charge in [-0.15, -0.1) is 11.3 Å². The van der Waals surface area contributed by atoms with Gasteiger partial charge in [0, 0.05) is 34.6 Å². The Morgan fingerprint density at radius 1 is 1.00 bits per heavy atom. The Morgan fingerprint density at radius 2 is 1.68 bits per heavy atom. The van der Waals surface area contributed by atoms with E-state index in [4.69, 9.17) is 0 Å². The molecule has 7 heteroatoms. The summed E-state index contributed by atoms with van der Waals surface area (Å²) in [5.74, 6) is 0. The quantitative estimate of drug-likeness (QED) is 0.796. The molecule has 0 saturated heterocycles. The number of nitrogens with zero attached hydrogens (tertiary/aromatic N) is 2. The van der Waals surface area contributed by atoms with Gasteiger partial charge >= 0.3 is 0 Å². The van der Waals surface area contributed by atoms with Gasteiger partial charge in [-0.25, -0.2) is 13.4 Å². The minimum atomic E-state index is -3.26. The predicted molar refractivity (Wildman–Crippen MR) is 89.2 cm³/mol. The van der Waals surface area contributed by atoms with Gasteiger partial charge in [0.25, 0.3) is 0 Å². The molecule has 0 bridgehead atoms. The zero-order chi connectivity index (χ0) is 15.6. The lowest BCUT2D eigenvalue weighted by Gasteiger charge is -2.04. The van der Waals surface area contributed by atoms with E-state index in [1.165, 1.54) is 0 Å². The number of hydrogen-bond donors (Lipinski definition) is 1.